The number of amides is 1. The van der Waals surface area contributed by atoms with Gasteiger partial charge in [0.15, 0.2) is 5.13 Å². The van der Waals surface area contributed by atoms with Crippen molar-refractivity contribution in [3.05, 3.63) is 83.4 Å². The molecule has 180 valence electrons. The van der Waals surface area contributed by atoms with E-state index < -0.39 is 21.9 Å². The normalized spacial score (nSPS) is 16.6. The van der Waals surface area contributed by atoms with E-state index in [9.17, 15) is 17.6 Å². The Morgan fingerprint density at radius 1 is 1.20 bits per heavy atom. The molecule has 1 saturated heterocycles. The lowest BCUT2D eigenvalue weighted by atomic mass is 10.2. The molecule has 0 bridgehead atoms. The summed E-state index contributed by atoms with van der Waals surface area (Å²) < 4.78 is 42.4. The SMILES string of the molecule is O=C(C1CCCN1S(=O)(=O)c1ccc(Cl)cc1)N(Cc1cccnc1)c1nc2ccc(F)cc2s1. The van der Waals surface area contributed by atoms with E-state index in [4.69, 9.17) is 11.6 Å². The van der Waals surface area contributed by atoms with E-state index in [0.717, 1.165) is 5.56 Å². The molecule has 2 aromatic carbocycles. The summed E-state index contributed by atoms with van der Waals surface area (Å²) in [5.74, 6) is -0.780. The fraction of sp³-hybridized carbons (Fsp3) is 0.208. The van der Waals surface area contributed by atoms with Gasteiger partial charge in [-0.15, -0.1) is 0 Å². The van der Waals surface area contributed by atoms with E-state index in [1.54, 1.807) is 24.5 Å². The molecule has 0 radical (unpaired) electrons. The van der Waals surface area contributed by atoms with Crippen LogP contribution in [0.4, 0.5) is 9.52 Å². The van der Waals surface area contributed by atoms with Gasteiger partial charge in [-0.1, -0.05) is 29.0 Å². The van der Waals surface area contributed by atoms with Gasteiger partial charge in [0.25, 0.3) is 0 Å². The highest BCUT2D eigenvalue weighted by Crippen LogP contribution is 2.34. The van der Waals surface area contributed by atoms with Crippen LogP contribution in [0.2, 0.25) is 5.02 Å². The zero-order chi connectivity index (χ0) is 24.6. The molecule has 0 saturated carbocycles. The predicted molar refractivity (Wildman–Crippen MR) is 133 cm³/mol. The second-order valence-electron chi connectivity index (χ2n) is 8.12. The van der Waals surface area contributed by atoms with Gasteiger partial charge in [0.05, 0.1) is 21.7 Å². The summed E-state index contributed by atoms with van der Waals surface area (Å²) in [6.45, 7) is 0.382. The number of nitrogens with zero attached hydrogens (tertiary/aromatic N) is 4. The third kappa shape index (κ3) is 4.79. The number of carbonyl (C=O) groups is 1. The maximum absolute atomic E-state index is 13.9. The minimum Gasteiger partial charge on any atom is -0.282 e. The summed E-state index contributed by atoms with van der Waals surface area (Å²) in [6.07, 6.45) is 4.21. The van der Waals surface area contributed by atoms with Gasteiger partial charge >= 0.3 is 0 Å². The first-order valence-electron chi connectivity index (χ1n) is 10.9. The smallest absolute Gasteiger partial charge is 0.247 e. The van der Waals surface area contributed by atoms with Crippen LogP contribution in [0.3, 0.4) is 0 Å². The molecular weight excluding hydrogens is 511 g/mol. The topological polar surface area (TPSA) is 83.5 Å². The van der Waals surface area contributed by atoms with E-state index in [1.807, 2.05) is 6.07 Å². The molecule has 1 amide bonds. The summed E-state index contributed by atoms with van der Waals surface area (Å²) in [4.78, 5) is 24.1. The summed E-state index contributed by atoms with van der Waals surface area (Å²) in [5.41, 5.74) is 1.32. The number of anilines is 1. The lowest BCUT2D eigenvalue weighted by Gasteiger charge is -2.28. The van der Waals surface area contributed by atoms with Crippen molar-refractivity contribution in [3.8, 4) is 0 Å². The fourth-order valence-corrected chi connectivity index (χ4v) is 6.88. The first-order chi connectivity index (χ1) is 16.8. The number of sulfonamides is 1. The van der Waals surface area contributed by atoms with Crippen LogP contribution >= 0.6 is 22.9 Å². The van der Waals surface area contributed by atoms with Crippen LogP contribution in [0.1, 0.15) is 18.4 Å². The number of aromatic nitrogens is 2. The molecule has 1 fully saturated rings. The van der Waals surface area contributed by atoms with Crippen LogP contribution in [-0.2, 0) is 21.4 Å². The summed E-state index contributed by atoms with van der Waals surface area (Å²) in [5, 5.41) is 0.795. The molecule has 2 aromatic heterocycles. The van der Waals surface area contributed by atoms with Gasteiger partial charge in [-0.3, -0.25) is 14.7 Å². The van der Waals surface area contributed by atoms with Crippen molar-refractivity contribution in [2.24, 2.45) is 0 Å². The van der Waals surface area contributed by atoms with E-state index in [2.05, 4.69) is 9.97 Å². The largest absolute Gasteiger partial charge is 0.282 e. The number of hydrogen-bond donors (Lipinski definition) is 0. The van der Waals surface area contributed by atoms with Crippen molar-refractivity contribution in [2.75, 3.05) is 11.4 Å². The highest BCUT2D eigenvalue weighted by Gasteiger charge is 2.42. The van der Waals surface area contributed by atoms with Gasteiger partial charge in [0.2, 0.25) is 15.9 Å². The Morgan fingerprint density at radius 3 is 2.74 bits per heavy atom. The molecule has 0 N–H and O–H groups in total. The lowest BCUT2D eigenvalue weighted by Crippen LogP contribution is -2.47. The van der Waals surface area contributed by atoms with Crippen molar-refractivity contribution in [1.82, 2.24) is 14.3 Å². The molecule has 11 heteroatoms. The summed E-state index contributed by atoms with van der Waals surface area (Å²) in [7, 11) is -3.92. The Kier molecular flexibility index (Phi) is 6.54. The minimum atomic E-state index is -3.92. The third-order valence-corrected chi connectivity index (χ3v) is 9.02. The number of benzene rings is 2. The van der Waals surface area contributed by atoms with Gasteiger partial charge in [-0.05, 0) is 66.9 Å². The highest BCUT2D eigenvalue weighted by molar-refractivity contribution is 7.89. The maximum Gasteiger partial charge on any atom is 0.247 e. The number of pyridine rings is 1. The van der Waals surface area contributed by atoms with Crippen molar-refractivity contribution in [3.63, 3.8) is 0 Å². The van der Waals surface area contributed by atoms with Crippen LogP contribution < -0.4 is 4.90 Å². The Labute approximate surface area is 210 Å². The molecule has 7 nitrogen and oxygen atoms in total. The van der Waals surface area contributed by atoms with Crippen LogP contribution in [0.15, 0.2) is 71.9 Å². The predicted octanol–water partition coefficient (Wildman–Crippen LogP) is 4.87. The fourth-order valence-electron chi connectivity index (χ4n) is 4.11. The second-order valence-corrected chi connectivity index (χ2v) is 11.5. The molecule has 3 heterocycles. The van der Waals surface area contributed by atoms with E-state index in [1.165, 1.54) is 56.9 Å². The van der Waals surface area contributed by atoms with E-state index in [0.29, 0.717) is 33.2 Å². The Hall–Kier alpha value is -2.92. The minimum absolute atomic E-state index is 0.0795. The zero-order valence-electron chi connectivity index (χ0n) is 18.3. The molecule has 1 aliphatic heterocycles. The average Bonchev–Trinajstić information content (AvgIpc) is 3.50. The number of hydrogen-bond acceptors (Lipinski definition) is 6. The molecule has 5 rings (SSSR count). The lowest BCUT2D eigenvalue weighted by molar-refractivity contribution is -0.121. The van der Waals surface area contributed by atoms with Crippen molar-refractivity contribution in [1.29, 1.82) is 0 Å². The molecule has 35 heavy (non-hydrogen) atoms. The second kappa shape index (κ2) is 9.62. The van der Waals surface area contributed by atoms with Crippen molar-refractivity contribution >= 4 is 54.2 Å². The van der Waals surface area contributed by atoms with Gasteiger partial charge in [-0.2, -0.15) is 4.31 Å². The van der Waals surface area contributed by atoms with Crippen molar-refractivity contribution < 1.29 is 17.6 Å². The summed E-state index contributed by atoms with van der Waals surface area (Å²) >= 11 is 7.11. The van der Waals surface area contributed by atoms with Gasteiger partial charge < -0.3 is 0 Å². The molecule has 0 aliphatic carbocycles. The van der Waals surface area contributed by atoms with Gasteiger partial charge in [-0.25, -0.2) is 17.8 Å². The first-order valence-corrected chi connectivity index (χ1v) is 13.5. The standard InChI is InChI=1S/C24H20ClFN4O3S2/c25-17-5-8-19(9-6-17)35(32,33)30-12-2-4-21(30)23(31)29(15-16-3-1-11-27-14-16)24-28-20-10-7-18(26)13-22(20)34-24/h1,3,5-11,13-14,21H,2,4,12,15H2. The molecular formula is C24H20ClFN4O3S2. The number of thiazole rings is 1. The Bertz CT molecular complexity index is 1480. The monoisotopic (exact) mass is 530 g/mol. The van der Waals surface area contributed by atoms with Gasteiger partial charge in [0.1, 0.15) is 11.9 Å². The molecule has 1 aliphatic rings. The highest BCUT2D eigenvalue weighted by atomic mass is 35.5. The Morgan fingerprint density at radius 2 is 2.00 bits per heavy atom. The number of rotatable bonds is 6. The Balaban J connectivity index is 1.52. The average molecular weight is 531 g/mol. The zero-order valence-corrected chi connectivity index (χ0v) is 20.7. The number of carbonyl (C=O) groups excluding carboxylic acids is 1. The van der Waals surface area contributed by atoms with Gasteiger partial charge in [0, 0.05) is 24.0 Å². The molecule has 1 unspecified atom stereocenters. The third-order valence-electron chi connectivity index (χ3n) is 5.81. The number of fused-ring (bicyclic) bond motifs is 1. The number of halogens is 2. The molecule has 4 aromatic rings. The summed E-state index contributed by atoms with van der Waals surface area (Å²) in [6, 6.07) is 12.8. The van der Waals surface area contributed by atoms with E-state index >= 15 is 0 Å². The molecule has 0 spiro atoms. The maximum atomic E-state index is 13.9. The molecule has 1 atom stereocenters. The van der Waals surface area contributed by atoms with Crippen LogP contribution in [0.5, 0.6) is 0 Å². The van der Waals surface area contributed by atoms with Crippen LogP contribution in [0.25, 0.3) is 10.2 Å². The van der Waals surface area contributed by atoms with Crippen molar-refractivity contribution in [2.45, 2.75) is 30.3 Å². The van der Waals surface area contributed by atoms with E-state index in [-0.39, 0.29) is 23.9 Å². The van der Waals surface area contributed by atoms with Crippen LogP contribution in [-0.4, -0.2) is 41.2 Å². The van der Waals surface area contributed by atoms with Crippen LogP contribution in [0, 0.1) is 5.82 Å². The first kappa shape index (κ1) is 23.8. The quantitative estimate of drug-likeness (QED) is 0.355.